The van der Waals surface area contributed by atoms with Crippen LogP contribution >= 0.6 is 0 Å². The fraction of sp³-hybridized carbons (Fsp3) is 0.500. The summed E-state index contributed by atoms with van der Waals surface area (Å²) in [7, 11) is 0. The molecule has 5 heteroatoms. The molecule has 21 heavy (non-hydrogen) atoms. The monoisotopic (exact) mass is 287 g/mol. The molecule has 1 saturated carbocycles. The second-order valence-electron chi connectivity index (χ2n) is 6.09. The van der Waals surface area contributed by atoms with Gasteiger partial charge in [-0.15, -0.1) is 0 Å². The molecule has 1 aromatic heterocycles. The minimum atomic E-state index is -0.261. The molecule has 1 aliphatic rings. The van der Waals surface area contributed by atoms with Gasteiger partial charge in [0.2, 0.25) is 0 Å². The number of rotatable bonds is 2. The number of H-pyrrole nitrogens is 2. The third-order valence-electron chi connectivity index (χ3n) is 4.44. The Morgan fingerprint density at radius 3 is 2.71 bits per heavy atom. The summed E-state index contributed by atoms with van der Waals surface area (Å²) in [4.78, 5) is 23.9. The Kier molecular flexibility index (Phi) is 3.82. The SMILES string of the molecule is CC1CCCC(Nc2cccc3c(=O)[nH][nH]c(=O)c23)CC1. The summed E-state index contributed by atoms with van der Waals surface area (Å²) < 4.78 is 0. The van der Waals surface area contributed by atoms with E-state index in [9.17, 15) is 9.59 Å². The van der Waals surface area contributed by atoms with Gasteiger partial charge >= 0.3 is 0 Å². The summed E-state index contributed by atoms with van der Waals surface area (Å²) >= 11 is 0. The van der Waals surface area contributed by atoms with E-state index in [4.69, 9.17) is 0 Å². The van der Waals surface area contributed by atoms with Crippen molar-refractivity contribution in [3.63, 3.8) is 0 Å². The van der Waals surface area contributed by atoms with Crippen LogP contribution in [0.15, 0.2) is 27.8 Å². The second kappa shape index (κ2) is 5.76. The number of fused-ring (bicyclic) bond motifs is 1. The number of hydrogen-bond acceptors (Lipinski definition) is 3. The van der Waals surface area contributed by atoms with Crippen LogP contribution in [0.2, 0.25) is 0 Å². The molecule has 0 bridgehead atoms. The van der Waals surface area contributed by atoms with Gasteiger partial charge in [-0.05, 0) is 37.3 Å². The van der Waals surface area contributed by atoms with Crippen LogP contribution in [0.3, 0.4) is 0 Å². The van der Waals surface area contributed by atoms with Gasteiger partial charge in [-0.3, -0.25) is 19.8 Å². The van der Waals surface area contributed by atoms with Gasteiger partial charge in [0, 0.05) is 11.7 Å². The highest BCUT2D eigenvalue weighted by Crippen LogP contribution is 2.26. The van der Waals surface area contributed by atoms with E-state index in [0.717, 1.165) is 24.4 Å². The zero-order valence-corrected chi connectivity index (χ0v) is 12.2. The van der Waals surface area contributed by atoms with E-state index in [1.165, 1.54) is 19.3 Å². The van der Waals surface area contributed by atoms with Crippen LogP contribution in [0, 0.1) is 5.92 Å². The van der Waals surface area contributed by atoms with Crippen molar-refractivity contribution in [1.82, 2.24) is 10.2 Å². The quantitative estimate of drug-likeness (QED) is 0.743. The predicted molar refractivity (Wildman–Crippen MR) is 84.8 cm³/mol. The van der Waals surface area contributed by atoms with Crippen LogP contribution < -0.4 is 16.4 Å². The van der Waals surface area contributed by atoms with E-state index >= 15 is 0 Å². The fourth-order valence-corrected chi connectivity index (χ4v) is 3.20. The lowest BCUT2D eigenvalue weighted by molar-refractivity contribution is 0.502. The molecule has 0 aliphatic heterocycles. The lowest BCUT2D eigenvalue weighted by Gasteiger charge is -2.18. The molecule has 2 atom stereocenters. The van der Waals surface area contributed by atoms with Crippen molar-refractivity contribution < 1.29 is 0 Å². The average Bonchev–Trinajstić information content (AvgIpc) is 2.68. The Labute approximate surface area is 122 Å². The van der Waals surface area contributed by atoms with Crippen molar-refractivity contribution in [2.45, 2.75) is 45.1 Å². The van der Waals surface area contributed by atoms with E-state index in [1.54, 1.807) is 6.07 Å². The molecular weight excluding hydrogens is 266 g/mol. The molecule has 1 heterocycles. The van der Waals surface area contributed by atoms with Crippen LogP contribution in [0.25, 0.3) is 10.8 Å². The third kappa shape index (κ3) is 2.86. The molecule has 0 spiro atoms. The first-order valence-corrected chi connectivity index (χ1v) is 7.65. The zero-order valence-electron chi connectivity index (χ0n) is 12.2. The van der Waals surface area contributed by atoms with Gasteiger partial charge < -0.3 is 5.32 Å². The van der Waals surface area contributed by atoms with Crippen LogP contribution in [0.1, 0.15) is 39.0 Å². The van der Waals surface area contributed by atoms with Gasteiger partial charge in [-0.25, -0.2) is 0 Å². The first-order valence-electron chi connectivity index (χ1n) is 7.65. The van der Waals surface area contributed by atoms with Crippen LogP contribution in [-0.2, 0) is 0 Å². The maximum atomic E-state index is 12.0. The highest BCUT2D eigenvalue weighted by Gasteiger charge is 2.17. The Morgan fingerprint density at radius 2 is 1.86 bits per heavy atom. The standard InChI is InChI=1S/C16H21N3O2/c1-10-4-2-5-11(9-8-10)17-13-7-3-6-12-14(13)16(21)19-18-15(12)20/h3,6-7,10-11,17H,2,4-5,8-9H2,1H3,(H,18,20)(H,19,21). The van der Waals surface area contributed by atoms with Crippen molar-refractivity contribution in [3.05, 3.63) is 38.9 Å². The molecule has 0 radical (unpaired) electrons. The molecule has 0 saturated heterocycles. The molecule has 0 amide bonds. The molecule has 2 aromatic rings. The molecule has 5 nitrogen and oxygen atoms in total. The largest absolute Gasteiger partial charge is 0.382 e. The van der Waals surface area contributed by atoms with Crippen molar-refractivity contribution in [1.29, 1.82) is 0 Å². The summed E-state index contributed by atoms with van der Waals surface area (Å²) in [5.74, 6) is 0.774. The van der Waals surface area contributed by atoms with Crippen molar-refractivity contribution >= 4 is 16.5 Å². The number of benzene rings is 1. The zero-order chi connectivity index (χ0) is 14.8. The average molecular weight is 287 g/mol. The van der Waals surface area contributed by atoms with Gasteiger partial charge in [0.1, 0.15) is 0 Å². The molecule has 1 aliphatic carbocycles. The Hall–Kier alpha value is -2.04. The van der Waals surface area contributed by atoms with E-state index in [1.807, 2.05) is 12.1 Å². The van der Waals surface area contributed by atoms with E-state index in [2.05, 4.69) is 22.4 Å². The third-order valence-corrected chi connectivity index (χ3v) is 4.44. The topological polar surface area (TPSA) is 77.8 Å². The summed E-state index contributed by atoms with van der Waals surface area (Å²) in [6, 6.07) is 5.76. The lowest BCUT2D eigenvalue weighted by Crippen LogP contribution is -2.23. The molecule has 3 rings (SSSR count). The molecule has 1 aromatic carbocycles. The normalized spacial score (nSPS) is 22.9. The van der Waals surface area contributed by atoms with E-state index < -0.39 is 0 Å². The predicted octanol–water partition coefficient (Wildman–Crippen LogP) is 2.60. The summed E-state index contributed by atoms with van der Waals surface area (Å²) in [5, 5.41) is 9.15. The van der Waals surface area contributed by atoms with Crippen molar-refractivity contribution in [3.8, 4) is 0 Å². The Bertz CT molecular complexity index is 747. The second-order valence-corrected chi connectivity index (χ2v) is 6.09. The smallest absolute Gasteiger partial charge is 0.272 e. The van der Waals surface area contributed by atoms with Crippen LogP contribution in [0.5, 0.6) is 0 Å². The molecule has 3 N–H and O–H groups in total. The van der Waals surface area contributed by atoms with Gasteiger partial charge in [0.05, 0.1) is 10.8 Å². The molecule has 112 valence electrons. The fourth-order valence-electron chi connectivity index (χ4n) is 3.20. The number of anilines is 1. The molecular formula is C16H21N3O2. The van der Waals surface area contributed by atoms with E-state index in [0.29, 0.717) is 16.8 Å². The first-order chi connectivity index (χ1) is 10.1. The number of aromatic amines is 2. The maximum Gasteiger partial charge on any atom is 0.272 e. The number of aromatic nitrogens is 2. The van der Waals surface area contributed by atoms with Gasteiger partial charge in [0.15, 0.2) is 0 Å². The summed E-state index contributed by atoms with van der Waals surface area (Å²) in [6.07, 6.45) is 5.91. The molecule has 1 fully saturated rings. The van der Waals surface area contributed by atoms with Gasteiger partial charge in [0.25, 0.3) is 11.1 Å². The maximum absolute atomic E-state index is 12.0. The van der Waals surface area contributed by atoms with Crippen LogP contribution in [0.4, 0.5) is 5.69 Å². The van der Waals surface area contributed by atoms with E-state index in [-0.39, 0.29) is 11.1 Å². The number of nitrogens with one attached hydrogen (secondary N) is 3. The van der Waals surface area contributed by atoms with Crippen molar-refractivity contribution in [2.75, 3.05) is 5.32 Å². The first kappa shape index (κ1) is 13.9. The Balaban J connectivity index is 1.96. The minimum Gasteiger partial charge on any atom is -0.382 e. The summed E-state index contributed by atoms with van der Waals surface area (Å²) in [5.41, 5.74) is 0.247. The minimum absolute atomic E-state index is 0.255. The summed E-state index contributed by atoms with van der Waals surface area (Å²) in [6.45, 7) is 2.30. The van der Waals surface area contributed by atoms with Gasteiger partial charge in [-0.1, -0.05) is 25.8 Å². The number of hydrogen-bond donors (Lipinski definition) is 3. The van der Waals surface area contributed by atoms with Crippen LogP contribution in [-0.4, -0.2) is 16.2 Å². The molecule has 2 unspecified atom stereocenters. The van der Waals surface area contributed by atoms with Gasteiger partial charge in [-0.2, -0.15) is 0 Å². The highest BCUT2D eigenvalue weighted by atomic mass is 16.1. The Morgan fingerprint density at radius 1 is 1.05 bits per heavy atom. The highest BCUT2D eigenvalue weighted by molar-refractivity contribution is 5.92. The lowest BCUT2D eigenvalue weighted by atomic mass is 10.0. The van der Waals surface area contributed by atoms with Crippen molar-refractivity contribution in [2.24, 2.45) is 5.92 Å².